The summed E-state index contributed by atoms with van der Waals surface area (Å²) in [5, 5.41) is 11.9. The van der Waals surface area contributed by atoms with Gasteiger partial charge in [0.2, 0.25) is 0 Å². The van der Waals surface area contributed by atoms with Crippen LogP contribution in [0.3, 0.4) is 0 Å². The Morgan fingerprint density at radius 3 is 2.93 bits per heavy atom. The highest BCUT2D eigenvalue weighted by atomic mass is 79.9. The van der Waals surface area contributed by atoms with E-state index in [0.717, 1.165) is 14.2 Å². The van der Waals surface area contributed by atoms with Crippen molar-refractivity contribution in [3.8, 4) is 0 Å². The van der Waals surface area contributed by atoms with Crippen molar-refractivity contribution in [1.82, 2.24) is 5.32 Å². The molecule has 1 atom stereocenters. The fraction of sp³-hybridized carbons (Fsp3) is 0.300. The number of rotatable bonds is 5. The summed E-state index contributed by atoms with van der Waals surface area (Å²) in [5.41, 5.74) is 0. The van der Waals surface area contributed by atoms with Crippen LogP contribution in [0.2, 0.25) is 0 Å². The van der Waals surface area contributed by atoms with Gasteiger partial charge in [-0.3, -0.25) is 10.1 Å². The molecular weight excluding hydrogens is 278 g/mol. The highest BCUT2D eigenvalue weighted by Gasteiger charge is 2.21. The average Bonchev–Trinajstić information content (AvgIpc) is 2.47. The van der Waals surface area contributed by atoms with Crippen molar-refractivity contribution in [2.24, 2.45) is 0 Å². The third-order valence-corrected chi connectivity index (χ3v) is 4.08. The van der Waals surface area contributed by atoms with Crippen LogP contribution in [-0.2, 0) is 4.79 Å². The van der Waals surface area contributed by atoms with Crippen LogP contribution in [0.5, 0.6) is 0 Å². The second-order valence-electron chi connectivity index (χ2n) is 3.02. The van der Waals surface area contributed by atoms with E-state index in [0.29, 0.717) is 6.54 Å². The zero-order chi connectivity index (χ0) is 11.4. The number of carboxylic acid groups (broad SMARTS) is 1. The largest absolute Gasteiger partial charge is 0.480 e. The summed E-state index contributed by atoms with van der Waals surface area (Å²) in [6, 6.07) is 1.19. The Balaban J connectivity index is 2.88. The number of aliphatic carboxylic acids is 1. The number of thiophene rings is 1. The molecule has 0 aliphatic carbocycles. The van der Waals surface area contributed by atoms with Crippen LogP contribution < -0.4 is 5.32 Å². The molecule has 0 saturated heterocycles. The molecule has 5 heteroatoms. The van der Waals surface area contributed by atoms with Gasteiger partial charge in [-0.1, -0.05) is 6.08 Å². The Labute approximate surface area is 101 Å². The fourth-order valence-electron chi connectivity index (χ4n) is 1.13. The minimum Gasteiger partial charge on any atom is -0.480 e. The average molecular weight is 290 g/mol. The second kappa shape index (κ2) is 5.44. The molecule has 2 N–H and O–H groups in total. The van der Waals surface area contributed by atoms with E-state index in [1.165, 1.54) is 11.3 Å². The van der Waals surface area contributed by atoms with Crippen LogP contribution in [-0.4, -0.2) is 17.6 Å². The Morgan fingerprint density at radius 2 is 2.53 bits per heavy atom. The van der Waals surface area contributed by atoms with Crippen molar-refractivity contribution in [3.63, 3.8) is 0 Å². The quantitative estimate of drug-likeness (QED) is 0.820. The lowest BCUT2D eigenvalue weighted by Gasteiger charge is -2.10. The molecule has 1 unspecified atom stereocenters. The Bertz CT molecular complexity index is 356. The number of hydrogen-bond acceptors (Lipinski definition) is 3. The summed E-state index contributed by atoms with van der Waals surface area (Å²) >= 11 is 4.85. The summed E-state index contributed by atoms with van der Waals surface area (Å²) in [5.74, 6) is -0.870. The molecule has 1 aromatic rings. The van der Waals surface area contributed by atoms with Gasteiger partial charge in [0.15, 0.2) is 0 Å². The molecular formula is C10H12BrNO2S. The van der Waals surface area contributed by atoms with Crippen LogP contribution in [0.25, 0.3) is 0 Å². The number of hydrogen-bond donors (Lipinski definition) is 2. The molecule has 0 radical (unpaired) electrons. The van der Waals surface area contributed by atoms with E-state index >= 15 is 0 Å². The number of carboxylic acids is 1. The smallest absolute Gasteiger partial charge is 0.326 e. The predicted octanol–water partition coefficient (Wildman–Crippen LogP) is 2.72. The molecule has 15 heavy (non-hydrogen) atoms. The van der Waals surface area contributed by atoms with Gasteiger partial charge < -0.3 is 5.11 Å². The SMILES string of the molecule is C=CCNC(C(=O)O)c1cc(Br)c(C)s1. The molecule has 0 bridgehead atoms. The number of carbonyl (C=O) groups is 1. The molecule has 1 rings (SSSR count). The van der Waals surface area contributed by atoms with Gasteiger partial charge in [-0.25, -0.2) is 0 Å². The second-order valence-corrected chi connectivity index (χ2v) is 5.16. The lowest BCUT2D eigenvalue weighted by atomic mass is 10.2. The van der Waals surface area contributed by atoms with Gasteiger partial charge in [0.05, 0.1) is 0 Å². The van der Waals surface area contributed by atoms with Gasteiger partial charge in [-0.15, -0.1) is 17.9 Å². The standard InChI is InChI=1S/C10H12BrNO2S/c1-3-4-12-9(10(13)14)8-5-7(11)6(2)15-8/h3,5,9,12H,1,4H2,2H3,(H,13,14). The first-order chi connectivity index (χ1) is 7.06. The van der Waals surface area contributed by atoms with Crippen molar-refractivity contribution >= 4 is 33.2 Å². The third kappa shape index (κ3) is 3.15. The number of nitrogens with one attached hydrogen (secondary N) is 1. The Kier molecular flexibility index (Phi) is 4.50. The van der Waals surface area contributed by atoms with E-state index in [9.17, 15) is 4.79 Å². The fourth-order valence-corrected chi connectivity index (χ4v) is 2.76. The van der Waals surface area contributed by atoms with Crippen LogP contribution >= 0.6 is 27.3 Å². The first-order valence-electron chi connectivity index (χ1n) is 4.39. The molecule has 0 amide bonds. The summed E-state index contributed by atoms with van der Waals surface area (Å²) < 4.78 is 0.953. The van der Waals surface area contributed by atoms with Gasteiger partial charge in [-0.05, 0) is 28.9 Å². The zero-order valence-corrected chi connectivity index (χ0v) is 10.7. The van der Waals surface area contributed by atoms with E-state index < -0.39 is 12.0 Å². The van der Waals surface area contributed by atoms with E-state index in [1.807, 2.05) is 13.0 Å². The van der Waals surface area contributed by atoms with Gasteiger partial charge in [0, 0.05) is 20.8 Å². The first kappa shape index (κ1) is 12.4. The van der Waals surface area contributed by atoms with E-state index in [-0.39, 0.29) is 0 Å². The van der Waals surface area contributed by atoms with Gasteiger partial charge >= 0.3 is 5.97 Å². The molecule has 82 valence electrons. The Morgan fingerprint density at radius 1 is 1.87 bits per heavy atom. The summed E-state index contributed by atoms with van der Waals surface area (Å²) in [7, 11) is 0. The molecule has 0 aliphatic heterocycles. The van der Waals surface area contributed by atoms with Crippen molar-refractivity contribution in [2.45, 2.75) is 13.0 Å². The molecule has 0 fully saturated rings. The van der Waals surface area contributed by atoms with Crippen LogP contribution in [0.4, 0.5) is 0 Å². The zero-order valence-electron chi connectivity index (χ0n) is 8.29. The van der Waals surface area contributed by atoms with Crippen LogP contribution in [0.1, 0.15) is 15.8 Å². The first-order valence-corrected chi connectivity index (χ1v) is 6.00. The molecule has 0 aromatic carbocycles. The van der Waals surface area contributed by atoms with Crippen LogP contribution in [0, 0.1) is 6.92 Å². The van der Waals surface area contributed by atoms with Crippen molar-refractivity contribution < 1.29 is 9.90 Å². The summed E-state index contributed by atoms with van der Waals surface area (Å²) in [6.45, 7) is 5.97. The Hall–Kier alpha value is -0.650. The van der Waals surface area contributed by atoms with Crippen molar-refractivity contribution in [3.05, 3.63) is 32.9 Å². The van der Waals surface area contributed by atoms with E-state index in [2.05, 4.69) is 27.8 Å². The maximum atomic E-state index is 11.0. The predicted molar refractivity (Wildman–Crippen MR) is 65.3 cm³/mol. The highest BCUT2D eigenvalue weighted by Crippen LogP contribution is 2.30. The maximum Gasteiger partial charge on any atom is 0.326 e. The minimum atomic E-state index is -0.870. The van der Waals surface area contributed by atoms with Gasteiger partial charge in [0.25, 0.3) is 0 Å². The lowest BCUT2D eigenvalue weighted by Crippen LogP contribution is -2.27. The van der Waals surface area contributed by atoms with Gasteiger partial charge in [0.1, 0.15) is 6.04 Å². The summed E-state index contributed by atoms with van der Waals surface area (Å²) in [6.07, 6.45) is 1.64. The van der Waals surface area contributed by atoms with Crippen molar-refractivity contribution in [2.75, 3.05) is 6.54 Å². The molecule has 0 spiro atoms. The summed E-state index contributed by atoms with van der Waals surface area (Å²) in [4.78, 5) is 12.9. The third-order valence-electron chi connectivity index (χ3n) is 1.87. The molecule has 1 aromatic heterocycles. The molecule has 1 heterocycles. The normalized spacial score (nSPS) is 12.4. The maximum absolute atomic E-state index is 11.0. The topological polar surface area (TPSA) is 49.3 Å². The number of aryl methyl sites for hydroxylation is 1. The van der Waals surface area contributed by atoms with E-state index in [4.69, 9.17) is 5.11 Å². The van der Waals surface area contributed by atoms with Gasteiger partial charge in [-0.2, -0.15) is 0 Å². The monoisotopic (exact) mass is 289 g/mol. The van der Waals surface area contributed by atoms with Crippen LogP contribution in [0.15, 0.2) is 23.2 Å². The van der Waals surface area contributed by atoms with Crippen molar-refractivity contribution in [1.29, 1.82) is 0 Å². The van der Waals surface area contributed by atoms with E-state index in [1.54, 1.807) is 6.08 Å². The molecule has 0 aliphatic rings. The highest BCUT2D eigenvalue weighted by molar-refractivity contribution is 9.10. The lowest BCUT2D eigenvalue weighted by molar-refractivity contribution is -0.139. The molecule has 0 saturated carbocycles. The molecule has 3 nitrogen and oxygen atoms in total. The number of halogens is 1. The minimum absolute atomic E-state index is 0.478.